The number of hydrogen-bond donors (Lipinski definition) is 2. The first-order valence-electron chi connectivity index (χ1n) is 19.3. The van der Waals surface area contributed by atoms with E-state index in [1.807, 2.05) is 12.1 Å². The molecule has 4 aliphatic rings. The highest BCUT2D eigenvalue weighted by Gasteiger charge is 2.65. The first kappa shape index (κ1) is 40.2. The smallest absolute Gasteiger partial charge is 0.409 e. The van der Waals surface area contributed by atoms with E-state index in [2.05, 4.69) is 12.7 Å². The van der Waals surface area contributed by atoms with Crippen molar-refractivity contribution in [2.75, 3.05) is 40.6 Å². The summed E-state index contributed by atoms with van der Waals surface area (Å²) in [5, 5.41) is 36.0. The van der Waals surface area contributed by atoms with Crippen LogP contribution >= 0.6 is 0 Å². The average molecular weight is 764 g/mol. The van der Waals surface area contributed by atoms with Crippen molar-refractivity contribution >= 4 is 17.5 Å². The summed E-state index contributed by atoms with van der Waals surface area (Å²) in [6.07, 6.45) is 10.1. The van der Waals surface area contributed by atoms with Gasteiger partial charge in [0.1, 0.15) is 23.3 Å². The highest BCUT2D eigenvalue weighted by Crippen LogP contribution is 2.62. The summed E-state index contributed by atoms with van der Waals surface area (Å²) in [4.78, 5) is 32.1. The number of aliphatic hydroxyl groups is 2. The first-order valence-corrected chi connectivity index (χ1v) is 19.3. The number of likely N-dealkylation sites (N-methyl/N-ethyl adjacent to an activating group) is 1. The topological polar surface area (TPSA) is 172 Å². The van der Waals surface area contributed by atoms with Gasteiger partial charge in [0.25, 0.3) is 5.69 Å². The molecule has 2 aromatic carbocycles. The molecule has 6 rings (SSSR count). The third-order valence-electron chi connectivity index (χ3n) is 11.3. The van der Waals surface area contributed by atoms with Gasteiger partial charge in [-0.05, 0) is 80.2 Å². The number of benzene rings is 2. The largest absolute Gasteiger partial charge is 0.459 e. The van der Waals surface area contributed by atoms with Crippen molar-refractivity contribution in [1.82, 2.24) is 4.90 Å². The van der Waals surface area contributed by atoms with Crippen LogP contribution in [0.15, 0.2) is 71.9 Å². The predicted molar refractivity (Wildman–Crippen MR) is 203 cm³/mol. The summed E-state index contributed by atoms with van der Waals surface area (Å²) in [6.45, 7) is 4.80. The van der Waals surface area contributed by atoms with Gasteiger partial charge in [0, 0.05) is 50.7 Å². The number of aliphatic hydroxyl groups excluding tert-OH is 2. The number of oxime groups is 1. The zero-order valence-electron chi connectivity index (χ0n) is 31.7. The summed E-state index contributed by atoms with van der Waals surface area (Å²) >= 11 is 0. The Kier molecular flexibility index (Phi) is 13.5. The summed E-state index contributed by atoms with van der Waals surface area (Å²) in [6, 6.07) is 10.8. The van der Waals surface area contributed by atoms with Crippen LogP contribution in [0.3, 0.4) is 0 Å². The molecule has 2 fully saturated rings. The second-order valence-corrected chi connectivity index (χ2v) is 14.6. The molecule has 7 atom stereocenters. The molecule has 14 nitrogen and oxygen atoms in total. The summed E-state index contributed by atoms with van der Waals surface area (Å²) < 4.78 is 31.3. The number of fused-ring (bicyclic) bond motifs is 2. The number of amides is 1. The number of non-ortho nitro benzene ring substituents is 1. The minimum absolute atomic E-state index is 0.00689. The molecule has 14 heteroatoms. The van der Waals surface area contributed by atoms with E-state index in [9.17, 15) is 25.1 Å². The minimum Gasteiger partial charge on any atom is -0.459 e. The Morgan fingerprint density at radius 1 is 1.11 bits per heavy atom. The number of allylic oxidation sites excluding steroid dienone is 1. The Labute approximate surface area is 321 Å². The fraction of sp³-hybridized carbons (Fsp3) is 0.561. The van der Waals surface area contributed by atoms with Gasteiger partial charge in [-0.2, -0.15) is 0 Å². The van der Waals surface area contributed by atoms with Crippen molar-refractivity contribution in [2.24, 2.45) is 22.9 Å². The third-order valence-corrected chi connectivity index (χ3v) is 11.3. The van der Waals surface area contributed by atoms with Gasteiger partial charge in [0.05, 0.1) is 42.9 Å². The molecule has 0 bridgehead atoms. The molecule has 0 spiro atoms. The lowest BCUT2D eigenvalue weighted by Crippen LogP contribution is -2.69. The second-order valence-electron chi connectivity index (χ2n) is 14.6. The molecule has 1 unspecified atom stereocenters. The maximum atomic E-state index is 13.4. The van der Waals surface area contributed by atoms with E-state index in [-0.39, 0.29) is 49.7 Å². The summed E-state index contributed by atoms with van der Waals surface area (Å²) in [7, 11) is 3.00. The number of methoxy groups -OCH3 is 1. The molecule has 55 heavy (non-hydrogen) atoms. The predicted octanol–water partition coefficient (Wildman–Crippen LogP) is 7.25. The Morgan fingerprint density at radius 2 is 1.89 bits per heavy atom. The molecule has 1 saturated heterocycles. The van der Waals surface area contributed by atoms with Crippen LogP contribution in [0.4, 0.5) is 10.5 Å². The van der Waals surface area contributed by atoms with E-state index in [1.165, 1.54) is 24.1 Å². The molecule has 2 heterocycles. The maximum absolute atomic E-state index is 13.4. The van der Waals surface area contributed by atoms with E-state index in [0.717, 1.165) is 49.7 Å². The van der Waals surface area contributed by atoms with Crippen molar-refractivity contribution in [1.29, 1.82) is 0 Å². The number of carbonyl (C=O) groups is 1. The van der Waals surface area contributed by atoms with E-state index < -0.39 is 35.1 Å². The number of nitrogens with zero attached hydrogens (tertiary/aromatic N) is 3. The number of ether oxygens (including phenoxy) is 5. The Bertz CT molecular complexity index is 1730. The lowest BCUT2D eigenvalue weighted by Gasteiger charge is -2.59. The van der Waals surface area contributed by atoms with Crippen LogP contribution in [0.25, 0.3) is 0 Å². The lowest BCUT2D eigenvalue weighted by molar-refractivity contribution is -0.384. The number of nitro benzene ring substituents is 1. The van der Waals surface area contributed by atoms with Gasteiger partial charge in [0.2, 0.25) is 12.1 Å². The Balaban J connectivity index is 1.55. The van der Waals surface area contributed by atoms with Crippen LogP contribution in [-0.2, 0) is 19.0 Å². The van der Waals surface area contributed by atoms with Crippen LogP contribution in [0.2, 0.25) is 0 Å². The number of carbonyl (C=O) groups excluding carboxylic acids is 1. The Hall–Kier alpha value is -4.50. The zero-order chi connectivity index (χ0) is 39.0. The SMILES string of the molecule is C=CCO[C@@]12Oc3ccc(Oc4cccc([N+](=O)[O-])c4)cc3[C@H]3[C@H](CCCCO)[C@@H](CCCCO)C=C(C(=NOC4CCCCO4)C[C@@H]1N(C)C(=O)OC)[C@H]32. The van der Waals surface area contributed by atoms with E-state index >= 15 is 0 Å². The second kappa shape index (κ2) is 18.4. The van der Waals surface area contributed by atoms with Gasteiger partial charge < -0.3 is 43.6 Å². The third kappa shape index (κ3) is 8.67. The van der Waals surface area contributed by atoms with E-state index in [1.54, 1.807) is 31.3 Å². The Morgan fingerprint density at radius 3 is 2.60 bits per heavy atom. The zero-order valence-corrected chi connectivity index (χ0v) is 31.7. The quantitative estimate of drug-likeness (QED) is 0.0720. The molecular weight excluding hydrogens is 710 g/mol. The average Bonchev–Trinajstić information content (AvgIpc) is 3.20. The van der Waals surface area contributed by atoms with Gasteiger partial charge in [-0.3, -0.25) is 10.1 Å². The molecule has 0 radical (unpaired) electrons. The molecule has 1 amide bonds. The van der Waals surface area contributed by atoms with Crippen LogP contribution in [0, 0.1) is 27.9 Å². The standard InChI is InChI=1S/C41H53N3O11/c1-4-21-52-41-36(43(2)40(47)50-3)26-34(42-55-37-16-7-10-22-51-37)32-23-27(12-5-8-19-45)31(15-6-9-20-46)38(39(32)41)33-25-30(17-18-35(33)54-41)53-29-14-11-13-28(24-29)44(48)49/h4,11,13-14,17-18,23-25,27,31,36-39,45-46H,1,5-10,12,15-16,19-22,26H2,2-3H3/t27-,31+,36-,37?,38+,39+,41+/m0/s1. The molecule has 2 aliphatic heterocycles. The van der Waals surface area contributed by atoms with Crippen molar-refractivity contribution in [3.8, 4) is 17.2 Å². The molecule has 2 aromatic rings. The first-order chi connectivity index (χ1) is 26.7. The van der Waals surface area contributed by atoms with Crippen LogP contribution in [0.5, 0.6) is 17.2 Å². The summed E-state index contributed by atoms with van der Waals surface area (Å²) in [5.74, 6) is -0.829. The van der Waals surface area contributed by atoms with Crippen LogP contribution in [-0.4, -0.2) is 90.5 Å². The normalized spacial score (nSPS) is 27.5. The molecule has 2 N–H and O–H groups in total. The monoisotopic (exact) mass is 763 g/mol. The van der Waals surface area contributed by atoms with Crippen molar-refractivity contribution in [3.63, 3.8) is 0 Å². The molecule has 0 aromatic heterocycles. The highest BCUT2D eigenvalue weighted by molar-refractivity contribution is 6.02. The number of hydrogen-bond acceptors (Lipinski definition) is 12. The molecule has 2 aliphatic carbocycles. The molecular formula is C41H53N3O11. The van der Waals surface area contributed by atoms with Gasteiger partial charge in [-0.25, -0.2) is 4.79 Å². The highest BCUT2D eigenvalue weighted by atomic mass is 16.8. The molecule has 1 saturated carbocycles. The van der Waals surface area contributed by atoms with E-state index in [0.29, 0.717) is 48.8 Å². The van der Waals surface area contributed by atoms with Crippen LogP contribution < -0.4 is 9.47 Å². The minimum atomic E-state index is -1.42. The van der Waals surface area contributed by atoms with Gasteiger partial charge >= 0.3 is 6.09 Å². The molecule has 298 valence electrons. The van der Waals surface area contributed by atoms with Crippen molar-refractivity contribution < 1.29 is 48.5 Å². The van der Waals surface area contributed by atoms with Gasteiger partial charge in [-0.1, -0.05) is 36.2 Å². The van der Waals surface area contributed by atoms with Gasteiger partial charge in [-0.15, -0.1) is 6.58 Å². The maximum Gasteiger partial charge on any atom is 0.409 e. The van der Waals surface area contributed by atoms with Crippen molar-refractivity contribution in [3.05, 3.63) is 82.4 Å². The number of nitro groups is 1. The lowest BCUT2D eigenvalue weighted by atomic mass is 9.55. The van der Waals surface area contributed by atoms with Crippen LogP contribution in [0.1, 0.15) is 75.7 Å². The fourth-order valence-electron chi connectivity index (χ4n) is 8.78. The number of unbranched alkanes of at least 4 members (excludes halogenated alkanes) is 2. The van der Waals surface area contributed by atoms with E-state index in [4.69, 9.17) is 33.7 Å². The summed E-state index contributed by atoms with van der Waals surface area (Å²) in [5.41, 5.74) is 2.31. The van der Waals surface area contributed by atoms with Crippen molar-refractivity contribution in [2.45, 2.75) is 88.2 Å². The number of rotatable bonds is 17. The van der Waals surface area contributed by atoms with Gasteiger partial charge in [0.15, 0.2) is 0 Å². The fourth-order valence-corrected chi connectivity index (χ4v) is 8.78.